The lowest BCUT2D eigenvalue weighted by Crippen LogP contribution is -2.44. The van der Waals surface area contributed by atoms with Gasteiger partial charge in [0.2, 0.25) is 0 Å². The van der Waals surface area contributed by atoms with Crippen molar-refractivity contribution in [1.29, 1.82) is 0 Å². The highest BCUT2D eigenvalue weighted by molar-refractivity contribution is 5.94. The van der Waals surface area contributed by atoms with Gasteiger partial charge in [-0.15, -0.1) is 0 Å². The third-order valence-electron chi connectivity index (χ3n) is 4.18. The van der Waals surface area contributed by atoms with E-state index in [4.69, 9.17) is 10.5 Å². The van der Waals surface area contributed by atoms with E-state index in [1.165, 1.54) is 19.2 Å². The van der Waals surface area contributed by atoms with E-state index in [0.717, 1.165) is 25.7 Å². The number of methoxy groups -OCH3 is 1. The first kappa shape index (κ1) is 15.8. The summed E-state index contributed by atoms with van der Waals surface area (Å²) in [5, 5.41) is 0. The van der Waals surface area contributed by atoms with Crippen molar-refractivity contribution in [2.24, 2.45) is 5.73 Å². The Morgan fingerprint density at radius 2 is 2.05 bits per heavy atom. The molecule has 1 aliphatic carbocycles. The Morgan fingerprint density at radius 1 is 1.38 bits per heavy atom. The second-order valence-electron chi connectivity index (χ2n) is 5.51. The zero-order chi connectivity index (χ0) is 15.4. The number of ether oxygens (including phenoxy) is 1. The quantitative estimate of drug-likeness (QED) is 0.928. The van der Waals surface area contributed by atoms with Gasteiger partial charge in [0, 0.05) is 24.2 Å². The molecule has 0 unspecified atom stereocenters. The van der Waals surface area contributed by atoms with Crippen molar-refractivity contribution in [3.8, 4) is 5.75 Å². The molecule has 0 saturated heterocycles. The number of halogens is 1. The Morgan fingerprint density at radius 3 is 2.57 bits per heavy atom. The third kappa shape index (κ3) is 3.53. The van der Waals surface area contributed by atoms with Crippen LogP contribution >= 0.6 is 0 Å². The number of nitrogens with two attached hydrogens (primary N) is 1. The fraction of sp³-hybridized carbons (Fsp3) is 0.562. The third-order valence-corrected chi connectivity index (χ3v) is 4.18. The van der Waals surface area contributed by atoms with Crippen molar-refractivity contribution in [2.75, 3.05) is 13.7 Å². The molecule has 4 nitrogen and oxygen atoms in total. The lowest BCUT2D eigenvalue weighted by atomic mass is 9.90. The minimum absolute atomic E-state index is 0.125. The summed E-state index contributed by atoms with van der Waals surface area (Å²) in [6, 6.07) is 4.80. The number of amides is 1. The summed E-state index contributed by atoms with van der Waals surface area (Å²) < 4.78 is 18.6. The highest BCUT2D eigenvalue weighted by atomic mass is 19.1. The van der Waals surface area contributed by atoms with Crippen molar-refractivity contribution in [1.82, 2.24) is 4.90 Å². The molecule has 1 fully saturated rings. The van der Waals surface area contributed by atoms with Crippen LogP contribution in [0.5, 0.6) is 5.75 Å². The molecule has 1 saturated carbocycles. The van der Waals surface area contributed by atoms with Gasteiger partial charge in [0.15, 0.2) is 11.6 Å². The monoisotopic (exact) mass is 294 g/mol. The summed E-state index contributed by atoms with van der Waals surface area (Å²) in [7, 11) is 1.41. The lowest BCUT2D eigenvalue weighted by molar-refractivity contribution is 0.0640. The van der Waals surface area contributed by atoms with Gasteiger partial charge in [-0.3, -0.25) is 4.79 Å². The summed E-state index contributed by atoms with van der Waals surface area (Å²) in [5.41, 5.74) is 6.28. The SMILES string of the molecule is CCN(C(=O)c1ccc(OC)c(F)c1)C1CCC(N)CC1. The standard InChI is InChI=1S/C16H23FN2O2/c1-3-19(13-7-5-12(18)6-8-13)16(20)11-4-9-15(21-2)14(17)10-11/h4,9-10,12-13H,3,5-8,18H2,1-2H3. The molecule has 0 aromatic heterocycles. The zero-order valence-electron chi connectivity index (χ0n) is 12.6. The Kier molecular flexibility index (Phi) is 5.17. The van der Waals surface area contributed by atoms with Crippen LogP contribution in [0.2, 0.25) is 0 Å². The molecule has 0 heterocycles. The van der Waals surface area contributed by atoms with Crippen LogP contribution in [0.3, 0.4) is 0 Å². The molecule has 2 N–H and O–H groups in total. The summed E-state index contributed by atoms with van der Waals surface area (Å²) in [5.74, 6) is -0.483. The van der Waals surface area contributed by atoms with Crippen LogP contribution in [0.4, 0.5) is 4.39 Å². The predicted molar refractivity (Wildman–Crippen MR) is 79.9 cm³/mol. The van der Waals surface area contributed by atoms with Crippen molar-refractivity contribution in [3.05, 3.63) is 29.6 Å². The van der Waals surface area contributed by atoms with Crippen molar-refractivity contribution < 1.29 is 13.9 Å². The van der Waals surface area contributed by atoms with E-state index in [1.54, 1.807) is 6.07 Å². The van der Waals surface area contributed by atoms with Crippen LogP contribution in [0.1, 0.15) is 43.0 Å². The molecule has 1 amide bonds. The molecule has 0 radical (unpaired) electrons. The topological polar surface area (TPSA) is 55.6 Å². The number of rotatable bonds is 4. The van der Waals surface area contributed by atoms with Gasteiger partial charge in [-0.25, -0.2) is 4.39 Å². The van der Waals surface area contributed by atoms with Gasteiger partial charge in [0.05, 0.1) is 7.11 Å². The molecule has 0 aliphatic heterocycles. The molecule has 0 bridgehead atoms. The first-order valence-corrected chi connectivity index (χ1v) is 7.46. The molecule has 0 atom stereocenters. The fourth-order valence-electron chi connectivity index (χ4n) is 2.95. The molecule has 2 rings (SSSR count). The number of nitrogens with zero attached hydrogens (tertiary/aromatic N) is 1. The van der Waals surface area contributed by atoms with Gasteiger partial charge in [-0.2, -0.15) is 0 Å². The Bertz CT molecular complexity index is 499. The van der Waals surface area contributed by atoms with Gasteiger partial charge in [0.1, 0.15) is 0 Å². The highest BCUT2D eigenvalue weighted by Crippen LogP contribution is 2.25. The van der Waals surface area contributed by atoms with E-state index in [9.17, 15) is 9.18 Å². The zero-order valence-corrected chi connectivity index (χ0v) is 12.6. The smallest absolute Gasteiger partial charge is 0.254 e. The van der Waals surface area contributed by atoms with E-state index < -0.39 is 5.82 Å². The van der Waals surface area contributed by atoms with Crippen LogP contribution in [0.15, 0.2) is 18.2 Å². The first-order chi connectivity index (χ1) is 10.1. The van der Waals surface area contributed by atoms with Gasteiger partial charge < -0.3 is 15.4 Å². The van der Waals surface area contributed by atoms with Crippen LogP contribution in [0.25, 0.3) is 0 Å². The fourth-order valence-corrected chi connectivity index (χ4v) is 2.95. The maximum absolute atomic E-state index is 13.8. The van der Waals surface area contributed by atoms with E-state index in [0.29, 0.717) is 12.1 Å². The average Bonchev–Trinajstić information content (AvgIpc) is 2.49. The Hall–Kier alpha value is -1.62. The molecule has 1 aromatic carbocycles. The first-order valence-electron chi connectivity index (χ1n) is 7.46. The molecule has 1 aromatic rings. The Balaban J connectivity index is 2.14. The summed E-state index contributed by atoms with van der Waals surface area (Å²) in [6.07, 6.45) is 3.70. The highest BCUT2D eigenvalue weighted by Gasteiger charge is 2.27. The normalized spacial score (nSPS) is 21.9. The number of carbonyl (C=O) groups is 1. The molecular formula is C16H23FN2O2. The Labute approximate surface area is 125 Å². The summed E-state index contributed by atoms with van der Waals surface area (Å²) in [4.78, 5) is 14.4. The van der Waals surface area contributed by atoms with E-state index in [2.05, 4.69) is 0 Å². The molecule has 21 heavy (non-hydrogen) atoms. The van der Waals surface area contributed by atoms with Crippen LogP contribution in [-0.2, 0) is 0 Å². The summed E-state index contributed by atoms with van der Waals surface area (Å²) in [6.45, 7) is 2.57. The van der Waals surface area contributed by atoms with Gasteiger partial charge in [0.25, 0.3) is 5.91 Å². The second-order valence-corrected chi connectivity index (χ2v) is 5.51. The van der Waals surface area contributed by atoms with E-state index in [-0.39, 0.29) is 23.7 Å². The van der Waals surface area contributed by atoms with Crippen LogP contribution < -0.4 is 10.5 Å². The van der Waals surface area contributed by atoms with E-state index >= 15 is 0 Å². The maximum atomic E-state index is 13.8. The van der Waals surface area contributed by atoms with Crippen molar-refractivity contribution in [2.45, 2.75) is 44.7 Å². The lowest BCUT2D eigenvalue weighted by Gasteiger charge is -2.35. The minimum atomic E-state index is -0.509. The van der Waals surface area contributed by atoms with Crippen LogP contribution in [-0.4, -0.2) is 36.5 Å². The van der Waals surface area contributed by atoms with Gasteiger partial charge in [-0.1, -0.05) is 0 Å². The molecule has 0 spiro atoms. The van der Waals surface area contributed by atoms with Crippen molar-refractivity contribution in [3.63, 3.8) is 0 Å². The molecule has 5 heteroatoms. The number of hydrogen-bond donors (Lipinski definition) is 1. The largest absolute Gasteiger partial charge is 0.494 e. The predicted octanol–water partition coefficient (Wildman–Crippen LogP) is 2.57. The number of benzene rings is 1. The molecule has 1 aliphatic rings. The number of hydrogen-bond acceptors (Lipinski definition) is 3. The number of carbonyl (C=O) groups excluding carboxylic acids is 1. The van der Waals surface area contributed by atoms with Gasteiger partial charge in [-0.05, 0) is 50.8 Å². The minimum Gasteiger partial charge on any atom is -0.494 e. The summed E-state index contributed by atoms with van der Waals surface area (Å²) >= 11 is 0. The van der Waals surface area contributed by atoms with Crippen LogP contribution in [0, 0.1) is 5.82 Å². The second kappa shape index (κ2) is 6.89. The molecular weight excluding hydrogens is 271 g/mol. The average molecular weight is 294 g/mol. The van der Waals surface area contributed by atoms with Gasteiger partial charge >= 0.3 is 0 Å². The maximum Gasteiger partial charge on any atom is 0.254 e. The van der Waals surface area contributed by atoms with E-state index in [1.807, 2.05) is 11.8 Å². The van der Waals surface area contributed by atoms with Crippen molar-refractivity contribution >= 4 is 5.91 Å². The molecule has 116 valence electrons.